The van der Waals surface area contributed by atoms with Gasteiger partial charge in [0.05, 0.1) is 19.8 Å². The number of hydrogen-bond acceptors (Lipinski definition) is 4. The van der Waals surface area contributed by atoms with E-state index in [4.69, 9.17) is 9.47 Å². The molecule has 0 unspecified atom stereocenters. The minimum Gasteiger partial charge on any atom is -0.465 e. The van der Waals surface area contributed by atoms with Crippen LogP contribution in [0.4, 0.5) is 0 Å². The summed E-state index contributed by atoms with van der Waals surface area (Å²) in [5.74, 6) is -0.0557. The van der Waals surface area contributed by atoms with Crippen molar-refractivity contribution >= 4 is 5.97 Å². The zero-order valence-electron chi connectivity index (χ0n) is 12.5. The van der Waals surface area contributed by atoms with Crippen molar-refractivity contribution < 1.29 is 14.3 Å². The van der Waals surface area contributed by atoms with Crippen LogP contribution in [-0.2, 0) is 14.3 Å². The lowest BCUT2D eigenvalue weighted by molar-refractivity contribution is -0.151. The second-order valence-corrected chi connectivity index (χ2v) is 5.12. The molecule has 0 aliphatic carbocycles. The lowest BCUT2D eigenvalue weighted by Gasteiger charge is -2.32. The van der Waals surface area contributed by atoms with Gasteiger partial charge >= 0.3 is 5.97 Å². The predicted octanol–water partition coefficient (Wildman–Crippen LogP) is 2.61. The van der Waals surface area contributed by atoms with E-state index in [1.165, 1.54) is 25.7 Å². The average molecular weight is 271 g/mol. The summed E-state index contributed by atoms with van der Waals surface area (Å²) in [7, 11) is 0. The quantitative estimate of drug-likeness (QED) is 0.477. The minimum absolute atomic E-state index is 0.0557. The average Bonchev–Trinajstić information content (AvgIpc) is 2.44. The van der Waals surface area contributed by atoms with Gasteiger partial charge in [-0.15, -0.1) is 0 Å². The van der Waals surface area contributed by atoms with Gasteiger partial charge in [-0.3, -0.25) is 9.69 Å². The Labute approximate surface area is 117 Å². The van der Waals surface area contributed by atoms with Crippen molar-refractivity contribution in [2.45, 2.75) is 58.4 Å². The molecule has 0 radical (unpaired) electrons. The van der Waals surface area contributed by atoms with E-state index >= 15 is 0 Å². The van der Waals surface area contributed by atoms with Gasteiger partial charge in [-0.1, -0.05) is 39.0 Å². The molecule has 1 rings (SSSR count). The number of esters is 1. The Kier molecular flexibility index (Phi) is 8.84. The Bertz CT molecular complexity index is 240. The molecule has 0 bridgehead atoms. The van der Waals surface area contributed by atoms with Crippen molar-refractivity contribution in [3.8, 4) is 0 Å². The van der Waals surface area contributed by atoms with Crippen LogP contribution in [0.1, 0.15) is 52.4 Å². The molecule has 4 heteroatoms. The Morgan fingerprint density at radius 2 is 1.84 bits per heavy atom. The van der Waals surface area contributed by atoms with Gasteiger partial charge in [-0.2, -0.15) is 0 Å². The lowest BCUT2D eigenvalue weighted by Crippen LogP contribution is -2.48. The minimum atomic E-state index is -0.0644. The van der Waals surface area contributed by atoms with Crippen LogP contribution < -0.4 is 0 Å². The maximum absolute atomic E-state index is 12.1. The number of nitrogens with zero attached hydrogens (tertiary/aromatic N) is 1. The van der Waals surface area contributed by atoms with Gasteiger partial charge in [0.1, 0.15) is 6.04 Å². The second-order valence-electron chi connectivity index (χ2n) is 5.12. The zero-order chi connectivity index (χ0) is 13.9. The van der Waals surface area contributed by atoms with Gasteiger partial charge in [0.25, 0.3) is 0 Å². The van der Waals surface area contributed by atoms with Crippen LogP contribution in [0.5, 0.6) is 0 Å². The lowest BCUT2D eigenvalue weighted by atomic mass is 10.0. The van der Waals surface area contributed by atoms with Crippen molar-refractivity contribution in [2.24, 2.45) is 0 Å². The first-order valence-corrected chi connectivity index (χ1v) is 7.78. The Morgan fingerprint density at radius 1 is 1.16 bits per heavy atom. The zero-order valence-corrected chi connectivity index (χ0v) is 12.5. The monoisotopic (exact) mass is 271 g/mol. The molecule has 1 aliphatic heterocycles. The van der Waals surface area contributed by atoms with Crippen molar-refractivity contribution in [1.29, 1.82) is 0 Å². The molecule has 1 fully saturated rings. The molecule has 4 nitrogen and oxygen atoms in total. The third kappa shape index (κ3) is 6.39. The summed E-state index contributed by atoms with van der Waals surface area (Å²) >= 11 is 0. The summed E-state index contributed by atoms with van der Waals surface area (Å²) in [6, 6.07) is -0.0644. The van der Waals surface area contributed by atoms with Gasteiger partial charge < -0.3 is 9.47 Å². The van der Waals surface area contributed by atoms with Crippen molar-refractivity contribution in [1.82, 2.24) is 4.90 Å². The van der Waals surface area contributed by atoms with E-state index in [9.17, 15) is 4.79 Å². The summed E-state index contributed by atoms with van der Waals surface area (Å²) < 4.78 is 10.6. The highest BCUT2D eigenvalue weighted by atomic mass is 16.5. The van der Waals surface area contributed by atoms with Crippen LogP contribution in [0.3, 0.4) is 0 Å². The fraction of sp³-hybridized carbons (Fsp3) is 0.933. The summed E-state index contributed by atoms with van der Waals surface area (Å²) in [5.41, 5.74) is 0. The highest BCUT2D eigenvalue weighted by Gasteiger charge is 2.27. The van der Waals surface area contributed by atoms with E-state index in [0.29, 0.717) is 6.61 Å². The van der Waals surface area contributed by atoms with Crippen molar-refractivity contribution in [3.63, 3.8) is 0 Å². The van der Waals surface area contributed by atoms with Gasteiger partial charge in [-0.05, 0) is 13.3 Å². The third-order valence-corrected chi connectivity index (χ3v) is 3.63. The maximum Gasteiger partial charge on any atom is 0.323 e. The van der Waals surface area contributed by atoms with Crippen molar-refractivity contribution in [3.05, 3.63) is 0 Å². The standard InChI is InChI=1S/C15H29NO3/c1-3-5-6-7-8-9-14(15(17)19-4-2)16-10-12-18-13-11-16/h14H,3-13H2,1-2H3/t14-/m0/s1. The smallest absolute Gasteiger partial charge is 0.323 e. The van der Waals surface area contributed by atoms with Crippen molar-refractivity contribution in [2.75, 3.05) is 32.9 Å². The molecule has 1 heterocycles. The predicted molar refractivity (Wildman–Crippen MR) is 76.2 cm³/mol. The second kappa shape index (κ2) is 10.2. The van der Waals surface area contributed by atoms with E-state index in [1.807, 2.05) is 6.92 Å². The van der Waals surface area contributed by atoms with Crippen LogP contribution in [-0.4, -0.2) is 49.8 Å². The van der Waals surface area contributed by atoms with E-state index in [2.05, 4.69) is 11.8 Å². The molecule has 19 heavy (non-hydrogen) atoms. The summed E-state index contributed by atoms with van der Waals surface area (Å²) in [4.78, 5) is 14.3. The normalized spacial score (nSPS) is 18.2. The highest BCUT2D eigenvalue weighted by molar-refractivity contribution is 5.75. The molecular weight excluding hydrogens is 242 g/mol. The molecule has 0 aromatic rings. The number of hydrogen-bond donors (Lipinski definition) is 0. The Morgan fingerprint density at radius 3 is 2.47 bits per heavy atom. The largest absolute Gasteiger partial charge is 0.465 e. The molecule has 0 N–H and O–H groups in total. The molecule has 0 saturated carbocycles. The molecule has 1 atom stereocenters. The van der Waals surface area contributed by atoms with E-state index in [0.717, 1.165) is 39.1 Å². The van der Waals surface area contributed by atoms with Crippen LogP contribution in [0.25, 0.3) is 0 Å². The first kappa shape index (κ1) is 16.4. The van der Waals surface area contributed by atoms with Gasteiger partial charge in [-0.25, -0.2) is 0 Å². The summed E-state index contributed by atoms with van der Waals surface area (Å²) in [6.45, 7) is 7.70. The topological polar surface area (TPSA) is 38.8 Å². The molecule has 1 aliphatic rings. The van der Waals surface area contributed by atoms with Crippen LogP contribution in [0.2, 0.25) is 0 Å². The fourth-order valence-corrected chi connectivity index (χ4v) is 2.52. The molecule has 112 valence electrons. The highest BCUT2D eigenvalue weighted by Crippen LogP contribution is 2.15. The Balaban J connectivity index is 2.37. The number of ether oxygens (including phenoxy) is 2. The van der Waals surface area contributed by atoms with E-state index in [1.54, 1.807) is 0 Å². The number of morpholine rings is 1. The summed E-state index contributed by atoms with van der Waals surface area (Å²) in [5, 5.41) is 0. The third-order valence-electron chi connectivity index (χ3n) is 3.63. The fourth-order valence-electron chi connectivity index (χ4n) is 2.52. The molecule has 0 spiro atoms. The number of carbonyl (C=O) groups is 1. The van der Waals surface area contributed by atoms with E-state index < -0.39 is 0 Å². The molecule has 0 aromatic carbocycles. The van der Waals surface area contributed by atoms with Gasteiger partial charge in [0.2, 0.25) is 0 Å². The molecule has 0 aromatic heterocycles. The molecular formula is C15H29NO3. The first-order valence-electron chi connectivity index (χ1n) is 7.78. The molecule has 0 amide bonds. The maximum atomic E-state index is 12.1. The first-order chi connectivity index (χ1) is 9.29. The van der Waals surface area contributed by atoms with Crippen LogP contribution >= 0.6 is 0 Å². The summed E-state index contributed by atoms with van der Waals surface area (Å²) in [6.07, 6.45) is 7.07. The van der Waals surface area contributed by atoms with Gasteiger partial charge in [0, 0.05) is 13.1 Å². The number of unbranched alkanes of at least 4 members (excludes halogenated alkanes) is 4. The molecule has 1 saturated heterocycles. The number of carbonyl (C=O) groups excluding carboxylic acids is 1. The SMILES string of the molecule is CCCCCCC[C@@H](C(=O)OCC)N1CCOCC1. The van der Waals surface area contributed by atoms with E-state index in [-0.39, 0.29) is 12.0 Å². The Hall–Kier alpha value is -0.610. The van der Waals surface area contributed by atoms with Crippen LogP contribution in [0.15, 0.2) is 0 Å². The number of rotatable bonds is 9. The van der Waals surface area contributed by atoms with Gasteiger partial charge in [0.15, 0.2) is 0 Å². The van der Waals surface area contributed by atoms with Crippen LogP contribution in [0, 0.1) is 0 Å².